The van der Waals surface area contributed by atoms with E-state index < -0.39 is 11.6 Å². The zero-order valence-electron chi connectivity index (χ0n) is 12.8. The average molecular weight is 338 g/mol. The molecule has 0 saturated heterocycles. The van der Waals surface area contributed by atoms with Gasteiger partial charge in [-0.2, -0.15) is 0 Å². The van der Waals surface area contributed by atoms with Gasteiger partial charge in [0.15, 0.2) is 11.6 Å². The van der Waals surface area contributed by atoms with E-state index in [0.717, 1.165) is 11.6 Å². The van der Waals surface area contributed by atoms with Gasteiger partial charge in [0, 0.05) is 11.1 Å². The molecule has 0 spiro atoms. The van der Waals surface area contributed by atoms with Crippen LogP contribution in [0, 0.1) is 11.6 Å². The van der Waals surface area contributed by atoms with Crippen molar-refractivity contribution in [1.29, 1.82) is 0 Å². The fourth-order valence-electron chi connectivity index (χ4n) is 2.31. The Morgan fingerprint density at radius 1 is 1.13 bits per heavy atom. The lowest BCUT2D eigenvalue weighted by Crippen LogP contribution is -2.34. The summed E-state index contributed by atoms with van der Waals surface area (Å²) < 4.78 is 26.0. The van der Waals surface area contributed by atoms with Crippen molar-refractivity contribution in [2.75, 3.05) is 0 Å². The van der Waals surface area contributed by atoms with E-state index in [0.29, 0.717) is 23.4 Å². The van der Waals surface area contributed by atoms with Crippen LogP contribution < -0.4 is 5.32 Å². The minimum Gasteiger partial charge on any atom is -0.353 e. The number of hydrogen-bond donors (Lipinski definition) is 1. The molecule has 0 aromatic heterocycles. The number of hydrogen-bond acceptors (Lipinski definition) is 1. The predicted molar refractivity (Wildman–Crippen MR) is 87.4 cm³/mol. The zero-order chi connectivity index (χ0) is 16.8. The summed E-state index contributed by atoms with van der Waals surface area (Å²) in [5.41, 5.74) is 1.56. The molecule has 0 heterocycles. The Labute approximate surface area is 139 Å². The van der Waals surface area contributed by atoms with Gasteiger partial charge in [-0.15, -0.1) is 0 Å². The van der Waals surface area contributed by atoms with Gasteiger partial charge in [-0.25, -0.2) is 8.78 Å². The highest BCUT2D eigenvalue weighted by molar-refractivity contribution is 6.30. The average Bonchev–Trinajstić information content (AvgIpc) is 2.48. The van der Waals surface area contributed by atoms with Crippen molar-refractivity contribution >= 4 is 17.5 Å². The quantitative estimate of drug-likeness (QED) is 0.836. The smallest absolute Gasteiger partial charge is 0.224 e. The third-order valence-corrected chi connectivity index (χ3v) is 3.75. The molecule has 2 rings (SSSR count). The number of benzene rings is 2. The Morgan fingerprint density at radius 2 is 1.91 bits per heavy atom. The highest BCUT2D eigenvalue weighted by atomic mass is 35.5. The first kappa shape index (κ1) is 17.4. The van der Waals surface area contributed by atoms with Gasteiger partial charge in [0.1, 0.15) is 0 Å². The van der Waals surface area contributed by atoms with Crippen molar-refractivity contribution in [3.63, 3.8) is 0 Å². The van der Waals surface area contributed by atoms with Crippen LogP contribution in [0.2, 0.25) is 5.02 Å². The highest BCUT2D eigenvalue weighted by Gasteiger charge is 2.10. The lowest BCUT2D eigenvalue weighted by molar-refractivity contribution is -0.121. The second kappa shape index (κ2) is 8.06. The number of nitrogens with one attached hydrogen (secondary N) is 1. The molecule has 2 aromatic carbocycles. The van der Waals surface area contributed by atoms with E-state index in [2.05, 4.69) is 5.32 Å². The first-order chi connectivity index (χ1) is 10.9. The van der Waals surface area contributed by atoms with Gasteiger partial charge in [0.25, 0.3) is 0 Å². The van der Waals surface area contributed by atoms with Crippen LogP contribution in [0.1, 0.15) is 24.5 Å². The highest BCUT2D eigenvalue weighted by Crippen LogP contribution is 2.13. The largest absolute Gasteiger partial charge is 0.353 e. The first-order valence-corrected chi connectivity index (χ1v) is 7.79. The van der Waals surface area contributed by atoms with Crippen LogP contribution in [0.4, 0.5) is 8.78 Å². The number of rotatable bonds is 6. The molecular formula is C18H18ClF2NO. The molecule has 0 aliphatic heterocycles. The maximum atomic E-state index is 13.1. The van der Waals surface area contributed by atoms with Crippen LogP contribution in [0.25, 0.3) is 0 Å². The van der Waals surface area contributed by atoms with Gasteiger partial charge in [-0.3, -0.25) is 4.79 Å². The fraction of sp³-hybridized carbons (Fsp3) is 0.278. The van der Waals surface area contributed by atoms with Crippen molar-refractivity contribution < 1.29 is 13.6 Å². The Bertz CT molecular complexity index is 690. The Kier molecular flexibility index (Phi) is 6.11. The van der Waals surface area contributed by atoms with Crippen molar-refractivity contribution in [3.05, 3.63) is 70.2 Å². The number of amides is 1. The molecule has 2 aromatic rings. The summed E-state index contributed by atoms with van der Waals surface area (Å²) in [5, 5.41) is 3.49. The van der Waals surface area contributed by atoms with Gasteiger partial charge in [0.05, 0.1) is 6.42 Å². The molecule has 2 nitrogen and oxygen atoms in total. The number of aryl methyl sites for hydroxylation is 1. The van der Waals surface area contributed by atoms with E-state index in [4.69, 9.17) is 11.6 Å². The van der Waals surface area contributed by atoms with Gasteiger partial charge in [-0.1, -0.05) is 29.8 Å². The maximum Gasteiger partial charge on any atom is 0.224 e. The summed E-state index contributed by atoms with van der Waals surface area (Å²) in [5.74, 6) is -1.79. The predicted octanol–water partition coefficient (Wildman–Crippen LogP) is 4.30. The van der Waals surface area contributed by atoms with E-state index in [9.17, 15) is 13.6 Å². The van der Waals surface area contributed by atoms with Gasteiger partial charge >= 0.3 is 0 Å². The molecule has 23 heavy (non-hydrogen) atoms. The lowest BCUT2D eigenvalue weighted by atomic mass is 10.1. The molecule has 0 aliphatic rings. The second-order valence-electron chi connectivity index (χ2n) is 5.56. The summed E-state index contributed by atoms with van der Waals surface area (Å²) >= 11 is 5.89. The van der Waals surface area contributed by atoms with E-state index in [-0.39, 0.29) is 18.4 Å². The normalized spacial score (nSPS) is 12.0. The molecule has 1 unspecified atom stereocenters. The van der Waals surface area contributed by atoms with E-state index in [1.165, 1.54) is 6.07 Å². The molecule has 5 heteroatoms. The molecule has 122 valence electrons. The maximum absolute atomic E-state index is 13.1. The molecule has 1 N–H and O–H groups in total. The Balaban J connectivity index is 1.80. The molecule has 1 atom stereocenters. The van der Waals surface area contributed by atoms with E-state index in [1.807, 2.05) is 13.0 Å². The van der Waals surface area contributed by atoms with Crippen LogP contribution in [0.5, 0.6) is 0 Å². The van der Waals surface area contributed by atoms with Gasteiger partial charge < -0.3 is 5.32 Å². The molecule has 0 fully saturated rings. The lowest BCUT2D eigenvalue weighted by Gasteiger charge is -2.14. The van der Waals surface area contributed by atoms with Gasteiger partial charge in [-0.05, 0) is 55.2 Å². The monoisotopic (exact) mass is 337 g/mol. The minimum absolute atomic E-state index is 0.0604. The Morgan fingerprint density at radius 3 is 2.61 bits per heavy atom. The molecule has 0 saturated carbocycles. The van der Waals surface area contributed by atoms with Crippen LogP contribution in [-0.4, -0.2) is 11.9 Å². The first-order valence-electron chi connectivity index (χ1n) is 7.42. The number of carbonyl (C=O) groups excluding carboxylic acids is 1. The SMILES string of the molecule is CC(CCc1ccc(F)c(F)c1)NC(=O)Cc1cccc(Cl)c1. The van der Waals surface area contributed by atoms with E-state index in [1.54, 1.807) is 24.3 Å². The Hall–Kier alpha value is -1.94. The summed E-state index contributed by atoms with van der Waals surface area (Å²) in [6.45, 7) is 1.88. The van der Waals surface area contributed by atoms with E-state index >= 15 is 0 Å². The molecule has 0 bridgehead atoms. The number of halogens is 3. The van der Waals surface area contributed by atoms with Crippen molar-refractivity contribution in [1.82, 2.24) is 5.32 Å². The second-order valence-corrected chi connectivity index (χ2v) is 6.00. The van der Waals surface area contributed by atoms with Crippen molar-refractivity contribution in [3.8, 4) is 0 Å². The van der Waals surface area contributed by atoms with Crippen LogP contribution in [0.3, 0.4) is 0 Å². The van der Waals surface area contributed by atoms with Crippen molar-refractivity contribution in [2.45, 2.75) is 32.2 Å². The molecule has 1 amide bonds. The van der Waals surface area contributed by atoms with Gasteiger partial charge in [0.2, 0.25) is 5.91 Å². The standard InChI is InChI=1S/C18H18ClF2NO/c1-12(5-6-13-7-8-16(20)17(21)10-13)22-18(23)11-14-3-2-4-15(19)9-14/h2-4,7-10,12H,5-6,11H2,1H3,(H,22,23). The van der Waals surface area contributed by atoms with Crippen molar-refractivity contribution in [2.24, 2.45) is 0 Å². The summed E-state index contributed by atoms with van der Waals surface area (Å²) in [4.78, 5) is 12.0. The van der Waals surface area contributed by atoms with Crippen LogP contribution >= 0.6 is 11.6 Å². The minimum atomic E-state index is -0.850. The fourth-order valence-corrected chi connectivity index (χ4v) is 2.52. The number of carbonyl (C=O) groups is 1. The summed E-state index contributed by atoms with van der Waals surface area (Å²) in [7, 11) is 0. The zero-order valence-corrected chi connectivity index (χ0v) is 13.5. The topological polar surface area (TPSA) is 29.1 Å². The third kappa shape index (κ3) is 5.64. The summed E-state index contributed by atoms with van der Waals surface area (Å²) in [6, 6.07) is 11.0. The van der Waals surface area contributed by atoms with Crippen LogP contribution in [-0.2, 0) is 17.6 Å². The summed E-state index contributed by atoms with van der Waals surface area (Å²) in [6.07, 6.45) is 1.47. The van der Waals surface area contributed by atoms with Crippen LogP contribution in [0.15, 0.2) is 42.5 Å². The molecular weight excluding hydrogens is 320 g/mol. The molecule has 0 aliphatic carbocycles. The molecule has 0 radical (unpaired) electrons. The third-order valence-electron chi connectivity index (χ3n) is 3.51.